The molecule has 1 saturated heterocycles. The number of carbonyl (C=O) groups excluding carboxylic acids is 1. The lowest BCUT2D eigenvalue weighted by molar-refractivity contribution is 0.0598. The van der Waals surface area contributed by atoms with Gasteiger partial charge in [-0.05, 0) is 50.1 Å². The van der Waals surface area contributed by atoms with Gasteiger partial charge in [0.2, 0.25) is 0 Å². The first-order chi connectivity index (χ1) is 11.6. The fourth-order valence-corrected chi connectivity index (χ4v) is 4.13. The van der Waals surface area contributed by atoms with Crippen LogP contribution in [0.5, 0.6) is 0 Å². The summed E-state index contributed by atoms with van der Waals surface area (Å²) in [5, 5.41) is 4.16. The van der Waals surface area contributed by atoms with Gasteiger partial charge in [0.25, 0.3) is 5.91 Å². The van der Waals surface area contributed by atoms with E-state index >= 15 is 0 Å². The number of hydrogen-bond donors (Lipinski definition) is 0. The van der Waals surface area contributed by atoms with Crippen LogP contribution in [0.3, 0.4) is 0 Å². The summed E-state index contributed by atoms with van der Waals surface area (Å²) < 4.78 is 6.17. The maximum atomic E-state index is 13.1. The van der Waals surface area contributed by atoms with Gasteiger partial charge in [-0.25, -0.2) is 4.98 Å². The SMILES string of the molecule is Cc1nccn1CCC1CCCCN1C(=O)c1snnc1C(C)C. The number of imidazole rings is 1. The number of likely N-dealkylation sites (tertiary alicyclic amines) is 1. The zero-order valence-corrected chi connectivity index (χ0v) is 15.4. The van der Waals surface area contributed by atoms with Crippen molar-refractivity contribution in [2.24, 2.45) is 0 Å². The van der Waals surface area contributed by atoms with Gasteiger partial charge in [-0.2, -0.15) is 0 Å². The van der Waals surface area contributed by atoms with Crippen LogP contribution in [0, 0.1) is 6.92 Å². The Labute approximate surface area is 147 Å². The van der Waals surface area contributed by atoms with Crippen LogP contribution < -0.4 is 0 Å². The Hall–Kier alpha value is -1.76. The van der Waals surface area contributed by atoms with Crippen LogP contribution >= 0.6 is 11.5 Å². The molecule has 1 atom stereocenters. The van der Waals surface area contributed by atoms with Crippen molar-refractivity contribution in [1.29, 1.82) is 0 Å². The maximum Gasteiger partial charge on any atom is 0.267 e. The van der Waals surface area contributed by atoms with E-state index in [-0.39, 0.29) is 17.9 Å². The highest BCUT2D eigenvalue weighted by Gasteiger charge is 2.30. The molecule has 3 rings (SSSR count). The van der Waals surface area contributed by atoms with E-state index in [1.165, 1.54) is 18.0 Å². The zero-order valence-electron chi connectivity index (χ0n) is 14.6. The predicted octanol–water partition coefficient (Wildman–Crippen LogP) is 3.25. The van der Waals surface area contributed by atoms with Crippen LogP contribution in [0.2, 0.25) is 0 Å². The van der Waals surface area contributed by atoms with Crippen molar-refractivity contribution < 1.29 is 4.79 Å². The van der Waals surface area contributed by atoms with Crippen LogP contribution in [0.15, 0.2) is 12.4 Å². The number of aryl methyl sites for hydroxylation is 2. The number of amides is 1. The van der Waals surface area contributed by atoms with Crippen LogP contribution in [0.25, 0.3) is 0 Å². The number of nitrogens with zero attached hydrogens (tertiary/aromatic N) is 5. The standard InChI is InChI=1S/C17H25N5OS/c1-12(2)15-16(24-20-19-15)17(23)22-9-5-4-6-14(22)7-10-21-11-8-18-13(21)3/h8,11-12,14H,4-7,9-10H2,1-3H3. The van der Waals surface area contributed by atoms with E-state index in [0.717, 1.165) is 48.7 Å². The van der Waals surface area contributed by atoms with Gasteiger partial charge in [0.1, 0.15) is 10.7 Å². The molecule has 0 aliphatic carbocycles. The number of aromatic nitrogens is 4. The van der Waals surface area contributed by atoms with E-state index in [2.05, 4.69) is 37.9 Å². The summed E-state index contributed by atoms with van der Waals surface area (Å²) in [7, 11) is 0. The van der Waals surface area contributed by atoms with Crippen molar-refractivity contribution >= 4 is 17.4 Å². The lowest BCUT2D eigenvalue weighted by atomic mass is 9.98. The Morgan fingerprint density at radius 2 is 2.25 bits per heavy atom. The maximum absolute atomic E-state index is 13.1. The predicted molar refractivity (Wildman–Crippen MR) is 94.3 cm³/mol. The molecule has 0 radical (unpaired) electrons. The topological polar surface area (TPSA) is 63.9 Å². The Morgan fingerprint density at radius 3 is 2.96 bits per heavy atom. The molecule has 1 unspecified atom stereocenters. The van der Waals surface area contributed by atoms with E-state index in [1.807, 2.05) is 19.3 Å². The van der Waals surface area contributed by atoms with Crippen molar-refractivity contribution in [2.45, 2.75) is 65.0 Å². The fraction of sp³-hybridized carbons (Fsp3) is 0.647. The van der Waals surface area contributed by atoms with E-state index in [9.17, 15) is 4.79 Å². The molecular weight excluding hydrogens is 322 g/mol. The summed E-state index contributed by atoms with van der Waals surface area (Å²) in [6, 6.07) is 0.287. The van der Waals surface area contributed by atoms with Gasteiger partial charge in [-0.15, -0.1) is 5.10 Å². The average molecular weight is 347 g/mol. The van der Waals surface area contributed by atoms with Gasteiger partial charge in [0, 0.05) is 31.5 Å². The number of carbonyl (C=O) groups is 1. The molecule has 2 aromatic heterocycles. The van der Waals surface area contributed by atoms with E-state index in [0.29, 0.717) is 0 Å². The minimum Gasteiger partial charge on any atom is -0.335 e. The number of rotatable bonds is 5. The molecule has 0 spiro atoms. The zero-order chi connectivity index (χ0) is 17.1. The van der Waals surface area contributed by atoms with Crippen molar-refractivity contribution in [3.63, 3.8) is 0 Å². The van der Waals surface area contributed by atoms with Gasteiger partial charge in [0.05, 0.1) is 5.69 Å². The normalized spacial score (nSPS) is 18.3. The smallest absolute Gasteiger partial charge is 0.267 e. The summed E-state index contributed by atoms with van der Waals surface area (Å²) in [6.45, 7) is 7.87. The van der Waals surface area contributed by atoms with E-state index in [1.54, 1.807) is 0 Å². The molecule has 0 saturated carbocycles. The highest BCUT2D eigenvalue weighted by atomic mass is 32.1. The lowest BCUT2D eigenvalue weighted by Gasteiger charge is -2.36. The Bertz CT molecular complexity index is 693. The fourth-order valence-electron chi connectivity index (χ4n) is 3.35. The van der Waals surface area contributed by atoms with Crippen molar-refractivity contribution in [1.82, 2.24) is 24.0 Å². The largest absolute Gasteiger partial charge is 0.335 e. The van der Waals surface area contributed by atoms with Crippen LogP contribution in [-0.4, -0.2) is 42.5 Å². The average Bonchev–Trinajstić information content (AvgIpc) is 3.21. The molecule has 7 heteroatoms. The number of piperidine rings is 1. The molecule has 1 aliphatic heterocycles. The van der Waals surface area contributed by atoms with Gasteiger partial charge < -0.3 is 9.47 Å². The number of hydrogen-bond acceptors (Lipinski definition) is 5. The van der Waals surface area contributed by atoms with Gasteiger partial charge in [-0.1, -0.05) is 18.3 Å². The highest BCUT2D eigenvalue weighted by molar-refractivity contribution is 7.08. The van der Waals surface area contributed by atoms with Crippen molar-refractivity contribution in [3.05, 3.63) is 28.8 Å². The monoisotopic (exact) mass is 347 g/mol. The van der Waals surface area contributed by atoms with Gasteiger partial charge in [-0.3, -0.25) is 4.79 Å². The van der Waals surface area contributed by atoms with Gasteiger partial charge >= 0.3 is 0 Å². The molecule has 1 aliphatic rings. The van der Waals surface area contributed by atoms with Crippen LogP contribution in [0.1, 0.15) is 66.6 Å². The first-order valence-electron chi connectivity index (χ1n) is 8.69. The summed E-state index contributed by atoms with van der Waals surface area (Å²) in [4.78, 5) is 20.1. The molecule has 1 amide bonds. The Balaban J connectivity index is 1.73. The first kappa shape index (κ1) is 17.1. The van der Waals surface area contributed by atoms with Crippen LogP contribution in [0.4, 0.5) is 0 Å². The Morgan fingerprint density at radius 1 is 1.42 bits per heavy atom. The quantitative estimate of drug-likeness (QED) is 0.833. The first-order valence-corrected chi connectivity index (χ1v) is 9.46. The third-order valence-electron chi connectivity index (χ3n) is 4.77. The molecule has 0 N–H and O–H groups in total. The summed E-state index contributed by atoms with van der Waals surface area (Å²) >= 11 is 1.23. The molecule has 1 fully saturated rings. The molecular formula is C17H25N5OS. The molecule has 2 aromatic rings. The van der Waals surface area contributed by atoms with Gasteiger partial charge in [0.15, 0.2) is 0 Å². The summed E-state index contributed by atoms with van der Waals surface area (Å²) in [5.41, 5.74) is 0.833. The molecule has 130 valence electrons. The van der Waals surface area contributed by atoms with Crippen LogP contribution in [-0.2, 0) is 6.54 Å². The minimum absolute atomic E-state index is 0.112. The lowest BCUT2D eigenvalue weighted by Crippen LogP contribution is -2.44. The van der Waals surface area contributed by atoms with Crippen molar-refractivity contribution in [2.75, 3.05) is 6.54 Å². The second-order valence-corrected chi connectivity index (χ2v) is 7.50. The second kappa shape index (κ2) is 7.42. The Kier molecular flexibility index (Phi) is 5.28. The van der Waals surface area contributed by atoms with Crippen molar-refractivity contribution in [3.8, 4) is 0 Å². The summed E-state index contributed by atoms with van der Waals surface area (Å²) in [5.74, 6) is 1.36. The molecule has 0 aromatic carbocycles. The third-order valence-corrected chi connectivity index (χ3v) is 5.50. The van der Waals surface area contributed by atoms with E-state index in [4.69, 9.17) is 0 Å². The highest BCUT2D eigenvalue weighted by Crippen LogP contribution is 2.27. The summed E-state index contributed by atoms with van der Waals surface area (Å²) in [6.07, 6.45) is 8.14. The minimum atomic E-state index is 0.112. The molecule has 6 nitrogen and oxygen atoms in total. The molecule has 24 heavy (non-hydrogen) atoms. The molecule has 0 bridgehead atoms. The van der Waals surface area contributed by atoms with E-state index < -0.39 is 0 Å². The second-order valence-electron chi connectivity index (χ2n) is 6.75. The third kappa shape index (κ3) is 3.50. The molecule has 3 heterocycles.